The molecule has 84 valence electrons. The van der Waals surface area contributed by atoms with Crippen molar-refractivity contribution in [3.05, 3.63) is 23.8 Å². The van der Waals surface area contributed by atoms with Crippen molar-refractivity contribution in [3.63, 3.8) is 0 Å². The van der Waals surface area contributed by atoms with Gasteiger partial charge < -0.3 is 10.6 Å². The smallest absolute Gasteiger partial charge is 0.0627 e. The molecule has 0 unspecified atom stereocenters. The van der Waals surface area contributed by atoms with Gasteiger partial charge in [0.05, 0.1) is 11.4 Å². The van der Waals surface area contributed by atoms with E-state index in [1.165, 1.54) is 5.56 Å². The summed E-state index contributed by atoms with van der Waals surface area (Å²) in [5.74, 6) is 0. The van der Waals surface area contributed by atoms with Crippen molar-refractivity contribution in [3.8, 4) is 0 Å². The first kappa shape index (κ1) is 11.9. The van der Waals surface area contributed by atoms with Crippen LogP contribution in [0.5, 0.6) is 0 Å². The molecule has 0 aliphatic rings. The fraction of sp³-hybridized carbons (Fsp3) is 0.538. The van der Waals surface area contributed by atoms with Crippen LogP contribution in [-0.4, -0.2) is 13.6 Å². The first-order valence-electron chi connectivity index (χ1n) is 5.37. The zero-order valence-corrected chi connectivity index (χ0v) is 10.5. The molecule has 15 heavy (non-hydrogen) atoms. The van der Waals surface area contributed by atoms with Gasteiger partial charge in [0.2, 0.25) is 0 Å². The summed E-state index contributed by atoms with van der Waals surface area (Å²) in [5.41, 5.74) is 9.54. The van der Waals surface area contributed by atoms with E-state index in [-0.39, 0.29) is 5.41 Å². The van der Waals surface area contributed by atoms with Crippen LogP contribution in [0, 0.1) is 12.3 Å². The average molecular weight is 206 g/mol. The Bertz CT molecular complexity index is 317. The monoisotopic (exact) mass is 206 g/mol. The van der Waals surface area contributed by atoms with Crippen LogP contribution in [0.1, 0.15) is 26.3 Å². The first-order chi connectivity index (χ1) is 6.81. The van der Waals surface area contributed by atoms with E-state index < -0.39 is 0 Å². The highest BCUT2D eigenvalue weighted by molar-refractivity contribution is 5.71. The van der Waals surface area contributed by atoms with Gasteiger partial charge in [0.1, 0.15) is 0 Å². The predicted molar refractivity (Wildman–Crippen MR) is 68.3 cm³/mol. The van der Waals surface area contributed by atoms with E-state index in [4.69, 9.17) is 5.73 Å². The van der Waals surface area contributed by atoms with E-state index in [1.54, 1.807) is 0 Å². The van der Waals surface area contributed by atoms with Gasteiger partial charge in [-0.25, -0.2) is 0 Å². The van der Waals surface area contributed by atoms with Crippen LogP contribution in [0.2, 0.25) is 0 Å². The van der Waals surface area contributed by atoms with E-state index in [2.05, 4.69) is 45.7 Å². The normalized spacial score (nSPS) is 11.5. The van der Waals surface area contributed by atoms with Gasteiger partial charge in [-0.1, -0.05) is 32.9 Å². The lowest BCUT2D eigenvalue weighted by Crippen LogP contribution is -2.30. The molecule has 0 bridgehead atoms. The SMILES string of the molecule is Cc1cccc(N)c1N(C)CC(C)(C)C. The second-order valence-electron chi connectivity index (χ2n) is 5.43. The number of hydrogen-bond acceptors (Lipinski definition) is 2. The molecular formula is C13H22N2. The van der Waals surface area contributed by atoms with Crippen molar-refractivity contribution >= 4 is 11.4 Å². The van der Waals surface area contributed by atoms with E-state index in [0.717, 1.165) is 17.9 Å². The molecule has 0 spiro atoms. The van der Waals surface area contributed by atoms with E-state index in [1.807, 2.05) is 12.1 Å². The number of para-hydroxylation sites is 1. The van der Waals surface area contributed by atoms with Crippen LogP contribution in [-0.2, 0) is 0 Å². The van der Waals surface area contributed by atoms with Crippen molar-refractivity contribution in [2.75, 3.05) is 24.2 Å². The van der Waals surface area contributed by atoms with Crippen LogP contribution in [0.3, 0.4) is 0 Å². The van der Waals surface area contributed by atoms with Crippen molar-refractivity contribution in [2.24, 2.45) is 5.41 Å². The highest BCUT2D eigenvalue weighted by atomic mass is 15.1. The Morgan fingerprint density at radius 2 is 1.87 bits per heavy atom. The van der Waals surface area contributed by atoms with E-state index in [0.29, 0.717) is 0 Å². The van der Waals surface area contributed by atoms with Gasteiger partial charge in [0, 0.05) is 13.6 Å². The van der Waals surface area contributed by atoms with Crippen molar-refractivity contribution in [1.29, 1.82) is 0 Å². The fourth-order valence-corrected chi connectivity index (χ4v) is 1.99. The third-order valence-corrected chi connectivity index (χ3v) is 2.36. The van der Waals surface area contributed by atoms with Crippen molar-refractivity contribution in [2.45, 2.75) is 27.7 Å². The Balaban J connectivity index is 2.96. The molecule has 1 rings (SSSR count). The lowest BCUT2D eigenvalue weighted by Gasteiger charge is -2.30. The molecule has 0 heterocycles. The summed E-state index contributed by atoms with van der Waals surface area (Å²) in [6, 6.07) is 6.06. The molecule has 0 saturated heterocycles. The third kappa shape index (κ3) is 3.15. The largest absolute Gasteiger partial charge is 0.397 e. The second-order valence-corrected chi connectivity index (χ2v) is 5.43. The number of aryl methyl sites for hydroxylation is 1. The zero-order chi connectivity index (χ0) is 11.6. The summed E-state index contributed by atoms with van der Waals surface area (Å²) in [5, 5.41) is 0. The highest BCUT2D eigenvalue weighted by Crippen LogP contribution is 2.28. The quantitative estimate of drug-likeness (QED) is 0.754. The fourth-order valence-electron chi connectivity index (χ4n) is 1.99. The maximum Gasteiger partial charge on any atom is 0.0627 e. The second kappa shape index (κ2) is 4.13. The number of rotatable bonds is 2. The number of nitrogen functional groups attached to an aromatic ring is 1. The Morgan fingerprint density at radius 1 is 1.27 bits per heavy atom. The van der Waals surface area contributed by atoms with Crippen LogP contribution >= 0.6 is 0 Å². The van der Waals surface area contributed by atoms with Gasteiger partial charge in [-0.05, 0) is 24.0 Å². The molecule has 0 radical (unpaired) electrons. The van der Waals surface area contributed by atoms with Crippen LogP contribution in [0.4, 0.5) is 11.4 Å². The molecule has 2 nitrogen and oxygen atoms in total. The van der Waals surface area contributed by atoms with Gasteiger partial charge in [0.25, 0.3) is 0 Å². The van der Waals surface area contributed by atoms with Gasteiger partial charge in [-0.2, -0.15) is 0 Å². The molecule has 0 saturated carbocycles. The van der Waals surface area contributed by atoms with Crippen LogP contribution < -0.4 is 10.6 Å². The van der Waals surface area contributed by atoms with Crippen molar-refractivity contribution in [1.82, 2.24) is 0 Å². The summed E-state index contributed by atoms with van der Waals surface area (Å²) in [7, 11) is 2.10. The number of benzene rings is 1. The molecular weight excluding hydrogens is 184 g/mol. The average Bonchev–Trinajstić information content (AvgIpc) is 1.99. The van der Waals surface area contributed by atoms with E-state index >= 15 is 0 Å². The molecule has 0 aromatic heterocycles. The minimum Gasteiger partial charge on any atom is -0.397 e. The Kier molecular flexibility index (Phi) is 3.28. The maximum absolute atomic E-state index is 6.00. The Hall–Kier alpha value is -1.18. The maximum atomic E-state index is 6.00. The minimum atomic E-state index is 0.281. The lowest BCUT2D eigenvalue weighted by atomic mass is 9.95. The summed E-state index contributed by atoms with van der Waals surface area (Å²) >= 11 is 0. The van der Waals surface area contributed by atoms with Gasteiger partial charge in [0.15, 0.2) is 0 Å². The molecule has 0 aliphatic carbocycles. The van der Waals surface area contributed by atoms with Gasteiger partial charge in [-0.15, -0.1) is 0 Å². The van der Waals surface area contributed by atoms with Gasteiger partial charge in [-0.3, -0.25) is 0 Å². The molecule has 2 heteroatoms. The third-order valence-electron chi connectivity index (χ3n) is 2.36. The number of nitrogens with two attached hydrogens (primary N) is 1. The first-order valence-corrected chi connectivity index (χ1v) is 5.37. The summed E-state index contributed by atoms with van der Waals surface area (Å²) in [6.07, 6.45) is 0. The molecule has 0 aliphatic heterocycles. The molecule has 0 atom stereocenters. The van der Waals surface area contributed by atoms with Crippen LogP contribution in [0.25, 0.3) is 0 Å². The molecule has 0 amide bonds. The number of anilines is 2. The summed E-state index contributed by atoms with van der Waals surface area (Å²) in [6.45, 7) is 9.81. The highest BCUT2D eigenvalue weighted by Gasteiger charge is 2.16. The lowest BCUT2D eigenvalue weighted by molar-refractivity contribution is 0.419. The van der Waals surface area contributed by atoms with Crippen molar-refractivity contribution < 1.29 is 0 Å². The molecule has 2 N–H and O–H groups in total. The van der Waals surface area contributed by atoms with Gasteiger partial charge >= 0.3 is 0 Å². The number of hydrogen-bond donors (Lipinski definition) is 1. The summed E-state index contributed by atoms with van der Waals surface area (Å²) < 4.78 is 0. The molecule has 1 aromatic rings. The number of nitrogens with zero attached hydrogens (tertiary/aromatic N) is 1. The Morgan fingerprint density at radius 3 is 2.33 bits per heavy atom. The standard InChI is InChI=1S/C13H22N2/c1-10-7-6-8-11(14)12(10)15(5)9-13(2,3)4/h6-8H,9,14H2,1-5H3. The zero-order valence-electron chi connectivity index (χ0n) is 10.5. The van der Waals surface area contributed by atoms with E-state index in [9.17, 15) is 0 Å². The summed E-state index contributed by atoms with van der Waals surface area (Å²) in [4.78, 5) is 2.24. The Labute approximate surface area is 93.1 Å². The molecule has 0 fully saturated rings. The molecule has 1 aromatic carbocycles. The van der Waals surface area contributed by atoms with Crippen LogP contribution in [0.15, 0.2) is 18.2 Å². The minimum absolute atomic E-state index is 0.281. The predicted octanol–water partition coefficient (Wildman–Crippen LogP) is 3.06. The topological polar surface area (TPSA) is 29.3 Å².